The first-order valence-electron chi connectivity index (χ1n) is 5.58. The number of rotatable bonds is 4. The molecule has 1 atom stereocenters. The number of nitrogens with one attached hydrogen (secondary N) is 2. The molecule has 96 valence electrons. The van der Waals surface area contributed by atoms with E-state index >= 15 is 0 Å². The number of likely N-dealkylation sites (N-methyl/N-ethyl adjacent to an activating group) is 1. The average molecular weight is 242 g/mol. The predicted molar refractivity (Wildman–Crippen MR) is 60.9 cm³/mol. The zero-order chi connectivity index (χ0) is 12.8. The van der Waals surface area contributed by atoms with Crippen LogP contribution in [0.4, 0.5) is 0 Å². The minimum Gasteiger partial charge on any atom is -0.357 e. The molecule has 0 aromatic rings. The second-order valence-electron chi connectivity index (χ2n) is 3.84. The fraction of sp³-hybridized carbons (Fsp3) is 0.700. The van der Waals surface area contributed by atoms with Crippen LogP contribution >= 0.6 is 0 Å². The number of hydrogen-bond donors (Lipinski definition) is 3. The predicted octanol–water partition coefficient (Wildman–Crippen LogP) is -2.20. The van der Waals surface area contributed by atoms with E-state index in [1.165, 1.54) is 4.90 Å². The Morgan fingerprint density at radius 3 is 2.71 bits per heavy atom. The summed E-state index contributed by atoms with van der Waals surface area (Å²) in [6.07, 6.45) is 1.46. The SMILES string of the molecule is CNC(=O)C1CCCN1C(=O)CNC(=O)CN. The third kappa shape index (κ3) is 3.42. The van der Waals surface area contributed by atoms with Gasteiger partial charge in [0, 0.05) is 13.6 Å². The van der Waals surface area contributed by atoms with Gasteiger partial charge < -0.3 is 21.3 Å². The summed E-state index contributed by atoms with van der Waals surface area (Å²) in [5, 5.41) is 4.93. The Balaban J connectivity index is 2.50. The van der Waals surface area contributed by atoms with Gasteiger partial charge in [-0.15, -0.1) is 0 Å². The van der Waals surface area contributed by atoms with E-state index in [1.807, 2.05) is 0 Å². The molecule has 0 bridgehead atoms. The van der Waals surface area contributed by atoms with Gasteiger partial charge in [0.05, 0.1) is 13.1 Å². The number of carbonyl (C=O) groups is 3. The lowest BCUT2D eigenvalue weighted by Gasteiger charge is -2.23. The van der Waals surface area contributed by atoms with E-state index in [-0.39, 0.29) is 30.8 Å². The Hall–Kier alpha value is -1.63. The highest BCUT2D eigenvalue weighted by atomic mass is 16.2. The van der Waals surface area contributed by atoms with Crippen LogP contribution in [0.2, 0.25) is 0 Å². The smallest absolute Gasteiger partial charge is 0.242 e. The summed E-state index contributed by atoms with van der Waals surface area (Å²) in [6.45, 7) is 0.297. The van der Waals surface area contributed by atoms with Gasteiger partial charge in [0.15, 0.2) is 0 Å². The molecule has 0 spiro atoms. The monoisotopic (exact) mass is 242 g/mol. The van der Waals surface area contributed by atoms with Gasteiger partial charge in [0.25, 0.3) is 0 Å². The summed E-state index contributed by atoms with van der Waals surface area (Å²) >= 11 is 0. The number of likely N-dealkylation sites (tertiary alicyclic amines) is 1. The quantitative estimate of drug-likeness (QED) is 0.520. The van der Waals surface area contributed by atoms with Crippen LogP contribution in [0, 0.1) is 0 Å². The second kappa shape index (κ2) is 6.19. The lowest BCUT2D eigenvalue weighted by Crippen LogP contribution is -2.48. The first kappa shape index (κ1) is 13.4. The molecule has 0 aliphatic carbocycles. The van der Waals surface area contributed by atoms with Gasteiger partial charge in [0.1, 0.15) is 6.04 Å². The van der Waals surface area contributed by atoms with Crippen LogP contribution in [0.15, 0.2) is 0 Å². The third-order valence-electron chi connectivity index (χ3n) is 2.74. The maximum Gasteiger partial charge on any atom is 0.242 e. The van der Waals surface area contributed by atoms with Crippen molar-refractivity contribution in [2.75, 3.05) is 26.7 Å². The molecular weight excluding hydrogens is 224 g/mol. The van der Waals surface area contributed by atoms with Crippen molar-refractivity contribution in [1.82, 2.24) is 15.5 Å². The molecule has 1 saturated heterocycles. The normalized spacial score (nSPS) is 18.9. The highest BCUT2D eigenvalue weighted by Crippen LogP contribution is 2.17. The van der Waals surface area contributed by atoms with Crippen LogP contribution in [0.1, 0.15) is 12.8 Å². The summed E-state index contributed by atoms with van der Waals surface area (Å²) in [4.78, 5) is 35.7. The lowest BCUT2D eigenvalue weighted by molar-refractivity contribution is -0.138. The van der Waals surface area contributed by atoms with Crippen molar-refractivity contribution in [1.29, 1.82) is 0 Å². The van der Waals surface area contributed by atoms with E-state index < -0.39 is 6.04 Å². The maximum atomic E-state index is 11.8. The first-order chi connectivity index (χ1) is 8.10. The largest absolute Gasteiger partial charge is 0.357 e. The van der Waals surface area contributed by atoms with Crippen LogP contribution < -0.4 is 16.4 Å². The number of amides is 3. The van der Waals surface area contributed by atoms with Crippen LogP contribution in [0.3, 0.4) is 0 Å². The van der Waals surface area contributed by atoms with E-state index in [1.54, 1.807) is 7.05 Å². The Morgan fingerprint density at radius 2 is 2.12 bits per heavy atom. The van der Waals surface area contributed by atoms with Gasteiger partial charge in [-0.1, -0.05) is 0 Å². The van der Waals surface area contributed by atoms with Crippen LogP contribution in [0.25, 0.3) is 0 Å². The van der Waals surface area contributed by atoms with E-state index in [4.69, 9.17) is 5.73 Å². The van der Waals surface area contributed by atoms with Gasteiger partial charge in [-0.05, 0) is 12.8 Å². The average Bonchev–Trinajstić information content (AvgIpc) is 2.83. The molecule has 1 heterocycles. The van der Waals surface area contributed by atoms with Crippen molar-refractivity contribution in [2.45, 2.75) is 18.9 Å². The molecule has 0 radical (unpaired) electrons. The summed E-state index contributed by atoms with van der Waals surface area (Å²) in [5.41, 5.74) is 5.11. The Morgan fingerprint density at radius 1 is 1.41 bits per heavy atom. The van der Waals surface area contributed by atoms with Crippen LogP contribution in [-0.4, -0.2) is 55.3 Å². The molecule has 1 rings (SSSR count). The Kier molecular flexibility index (Phi) is 4.89. The molecule has 1 aliphatic heterocycles. The Labute approximate surface area is 99.7 Å². The van der Waals surface area contributed by atoms with Crippen molar-refractivity contribution < 1.29 is 14.4 Å². The second-order valence-corrected chi connectivity index (χ2v) is 3.84. The highest BCUT2D eigenvalue weighted by Gasteiger charge is 2.33. The first-order valence-corrected chi connectivity index (χ1v) is 5.58. The van der Waals surface area contributed by atoms with Crippen LogP contribution in [0.5, 0.6) is 0 Å². The molecule has 0 aromatic carbocycles. The van der Waals surface area contributed by atoms with E-state index in [0.717, 1.165) is 6.42 Å². The number of hydrogen-bond acceptors (Lipinski definition) is 4. The summed E-state index contributed by atoms with van der Waals surface area (Å²) in [5.74, 6) is -0.798. The van der Waals surface area contributed by atoms with Crippen molar-refractivity contribution in [2.24, 2.45) is 5.73 Å². The fourth-order valence-electron chi connectivity index (χ4n) is 1.85. The minimum atomic E-state index is -0.415. The van der Waals surface area contributed by atoms with Crippen molar-refractivity contribution in [3.05, 3.63) is 0 Å². The van der Waals surface area contributed by atoms with Gasteiger partial charge in [0.2, 0.25) is 17.7 Å². The van der Waals surface area contributed by atoms with Gasteiger partial charge in [-0.3, -0.25) is 14.4 Å². The van der Waals surface area contributed by atoms with Gasteiger partial charge >= 0.3 is 0 Å². The Bertz CT molecular complexity index is 319. The molecule has 4 N–H and O–H groups in total. The third-order valence-corrected chi connectivity index (χ3v) is 2.74. The molecule has 0 aromatic heterocycles. The number of carbonyl (C=O) groups excluding carboxylic acids is 3. The lowest BCUT2D eigenvalue weighted by atomic mass is 10.2. The van der Waals surface area contributed by atoms with Gasteiger partial charge in [-0.25, -0.2) is 0 Å². The van der Waals surface area contributed by atoms with Crippen LogP contribution in [-0.2, 0) is 14.4 Å². The zero-order valence-electron chi connectivity index (χ0n) is 9.86. The van der Waals surface area contributed by atoms with E-state index in [2.05, 4.69) is 10.6 Å². The highest BCUT2D eigenvalue weighted by molar-refractivity contribution is 5.90. The molecule has 7 nitrogen and oxygen atoms in total. The van der Waals surface area contributed by atoms with Crippen molar-refractivity contribution >= 4 is 17.7 Å². The molecule has 1 aliphatic rings. The summed E-state index contributed by atoms with van der Waals surface area (Å²) < 4.78 is 0. The molecule has 7 heteroatoms. The molecule has 0 saturated carbocycles. The molecule has 1 fully saturated rings. The van der Waals surface area contributed by atoms with Crippen molar-refractivity contribution in [3.63, 3.8) is 0 Å². The number of nitrogens with two attached hydrogens (primary N) is 1. The molecular formula is C10H18N4O3. The standard InChI is InChI=1S/C10H18N4O3/c1-12-10(17)7-3-2-4-14(7)9(16)6-13-8(15)5-11/h7H,2-6,11H2,1H3,(H,12,17)(H,13,15). The molecule has 17 heavy (non-hydrogen) atoms. The molecule has 3 amide bonds. The van der Waals surface area contributed by atoms with E-state index in [9.17, 15) is 14.4 Å². The maximum absolute atomic E-state index is 11.8. The topological polar surface area (TPSA) is 105 Å². The minimum absolute atomic E-state index is 0.108. The van der Waals surface area contributed by atoms with Crippen molar-refractivity contribution in [3.8, 4) is 0 Å². The zero-order valence-corrected chi connectivity index (χ0v) is 9.86. The van der Waals surface area contributed by atoms with Gasteiger partial charge in [-0.2, -0.15) is 0 Å². The molecule has 1 unspecified atom stereocenters. The summed E-state index contributed by atoms with van der Waals surface area (Å²) in [7, 11) is 1.54. The number of nitrogens with zero attached hydrogens (tertiary/aromatic N) is 1. The fourth-order valence-corrected chi connectivity index (χ4v) is 1.85. The van der Waals surface area contributed by atoms with E-state index in [0.29, 0.717) is 13.0 Å². The summed E-state index contributed by atoms with van der Waals surface area (Å²) in [6, 6.07) is -0.415.